The van der Waals surface area contributed by atoms with Crippen molar-refractivity contribution >= 4 is 35.8 Å². The summed E-state index contributed by atoms with van der Waals surface area (Å²) in [4.78, 5) is 32.8. The summed E-state index contributed by atoms with van der Waals surface area (Å²) in [6.07, 6.45) is -0.762. The predicted molar refractivity (Wildman–Crippen MR) is 180 cm³/mol. The summed E-state index contributed by atoms with van der Waals surface area (Å²) in [5.74, 6) is 0.306. The van der Waals surface area contributed by atoms with Gasteiger partial charge in [0.25, 0.3) is 12.0 Å². The van der Waals surface area contributed by atoms with E-state index >= 15 is 0 Å². The highest BCUT2D eigenvalue weighted by Crippen LogP contribution is 2.29. The van der Waals surface area contributed by atoms with Crippen LogP contribution >= 0.6 is 0 Å². The van der Waals surface area contributed by atoms with Gasteiger partial charge < -0.3 is 18.8 Å². The number of likely N-dealkylation sites (tertiary alicyclic amines) is 1. The molecule has 0 N–H and O–H groups in total. The molecule has 0 aliphatic carbocycles. The first-order chi connectivity index (χ1) is 23.0. The van der Waals surface area contributed by atoms with Crippen LogP contribution in [0.3, 0.4) is 0 Å². The third-order valence-corrected chi connectivity index (χ3v) is 10.1. The van der Waals surface area contributed by atoms with Crippen LogP contribution in [0.2, 0.25) is 25.7 Å². The number of fused-ring (bicyclic) bond motifs is 2. The molecule has 0 amide bonds. The lowest BCUT2D eigenvalue weighted by Gasteiger charge is -2.24. The van der Waals surface area contributed by atoms with Crippen LogP contribution in [0, 0.1) is 11.3 Å². The van der Waals surface area contributed by atoms with Gasteiger partial charge in [-0.1, -0.05) is 37.8 Å². The number of nitrogens with zero attached hydrogens (tertiary/aromatic N) is 6. The molecule has 0 radical (unpaired) electrons. The average molecular weight is 681 g/mol. The molecule has 1 aliphatic rings. The minimum atomic E-state index is -2.70. The van der Waals surface area contributed by atoms with Gasteiger partial charge in [-0.3, -0.25) is 14.5 Å². The minimum absolute atomic E-state index is 0.0298. The average Bonchev–Trinajstić information content (AvgIpc) is 3.62. The Hall–Kier alpha value is -4.19. The third kappa shape index (κ3) is 8.44. The molecule has 0 spiro atoms. The maximum absolute atomic E-state index is 13.7. The SMILES string of the molecule is CCOC(=O)CN1CCCC1Cn1nc(Cc2nc3cc(OCC(F)F)c(C#N)cc3n2COCC[Si](C)(C)C)c2ccccc2c1=O. The lowest BCUT2D eigenvalue weighted by Crippen LogP contribution is -2.40. The van der Waals surface area contributed by atoms with E-state index < -0.39 is 21.1 Å². The number of carbonyl (C=O) groups excluding carboxylic acids is 1. The first-order valence-electron chi connectivity index (χ1n) is 16.3. The van der Waals surface area contributed by atoms with Crippen LogP contribution in [0.25, 0.3) is 21.8 Å². The Morgan fingerprint density at radius 2 is 1.96 bits per heavy atom. The zero-order valence-corrected chi connectivity index (χ0v) is 28.9. The van der Waals surface area contributed by atoms with Gasteiger partial charge in [0.05, 0.1) is 53.8 Å². The largest absolute Gasteiger partial charge is 0.486 e. The van der Waals surface area contributed by atoms with E-state index in [9.17, 15) is 23.6 Å². The maximum atomic E-state index is 13.7. The van der Waals surface area contributed by atoms with Crippen molar-refractivity contribution in [2.24, 2.45) is 0 Å². The van der Waals surface area contributed by atoms with Crippen LogP contribution < -0.4 is 10.3 Å². The summed E-state index contributed by atoms with van der Waals surface area (Å²) >= 11 is 0. The number of rotatable bonds is 15. The molecule has 5 rings (SSSR count). The van der Waals surface area contributed by atoms with E-state index in [0.717, 1.165) is 25.4 Å². The molecule has 14 heteroatoms. The van der Waals surface area contributed by atoms with E-state index in [1.165, 1.54) is 10.7 Å². The summed E-state index contributed by atoms with van der Waals surface area (Å²) in [5, 5.41) is 15.9. The van der Waals surface area contributed by atoms with Crippen LogP contribution in [0.5, 0.6) is 5.75 Å². The normalized spacial score (nSPS) is 15.4. The van der Waals surface area contributed by atoms with Gasteiger partial charge in [0.2, 0.25) is 0 Å². The number of aromatic nitrogens is 4. The van der Waals surface area contributed by atoms with Crippen molar-refractivity contribution in [1.29, 1.82) is 5.26 Å². The van der Waals surface area contributed by atoms with E-state index in [1.807, 2.05) is 33.7 Å². The number of hydrogen-bond donors (Lipinski definition) is 0. The van der Waals surface area contributed by atoms with Gasteiger partial charge in [-0.25, -0.2) is 18.4 Å². The molecule has 1 atom stereocenters. The summed E-state index contributed by atoms with van der Waals surface area (Å²) < 4.78 is 45.8. The number of hydrogen-bond acceptors (Lipinski definition) is 9. The second kappa shape index (κ2) is 15.4. The molecule has 0 bridgehead atoms. The summed E-state index contributed by atoms with van der Waals surface area (Å²) in [6, 6.07) is 13.3. The third-order valence-electron chi connectivity index (χ3n) is 8.42. The maximum Gasteiger partial charge on any atom is 0.320 e. The summed E-state index contributed by atoms with van der Waals surface area (Å²) in [6.45, 7) is 9.93. The van der Waals surface area contributed by atoms with E-state index in [-0.39, 0.29) is 48.6 Å². The highest BCUT2D eigenvalue weighted by Gasteiger charge is 2.28. The fourth-order valence-electron chi connectivity index (χ4n) is 5.97. The number of halogens is 2. The Bertz CT molecular complexity index is 1870. The molecule has 1 unspecified atom stereocenters. The van der Waals surface area contributed by atoms with Gasteiger partial charge in [0.1, 0.15) is 31.0 Å². The van der Waals surface area contributed by atoms with E-state index in [1.54, 1.807) is 19.1 Å². The molecule has 48 heavy (non-hydrogen) atoms. The monoisotopic (exact) mass is 680 g/mol. The van der Waals surface area contributed by atoms with E-state index in [0.29, 0.717) is 53.1 Å². The van der Waals surface area contributed by atoms with Gasteiger partial charge in [0.15, 0.2) is 0 Å². The van der Waals surface area contributed by atoms with Gasteiger partial charge in [-0.15, -0.1) is 0 Å². The zero-order valence-electron chi connectivity index (χ0n) is 27.9. The summed E-state index contributed by atoms with van der Waals surface area (Å²) in [7, 11) is -1.37. The van der Waals surface area contributed by atoms with Crippen molar-refractivity contribution in [2.45, 2.75) is 77.6 Å². The number of benzene rings is 2. The molecular formula is C34H42F2N6O5Si. The Morgan fingerprint density at radius 3 is 2.67 bits per heavy atom. The van der Waals surface area contributed by atoms with Crippen molar-refractivity contribution in [2.75, 3.05) is 32.9 Å². The quantitative estimate of drug-likeness (QED) is 0.0948. The molecular weight excluding hydrogens is 638 g/mol. The van der Waals surface area contributed by atoms with Crippen molar-refractivity contribution in [1.82, 2.24) is 24.2 Å². The number of esters is 1. The molecule has 2 aromatic heterocycles. The van der Waals surface area contributed by atoms with Crippen molar-refractivity contribution in [3.05, 3.63) is 63.8 Å². The molecule has 1 fully saturated rings. The molecule has 2 aromatic carbocycles. The number of alkyl halides is 2. The number of carbonyl (C=O) groups is 1. The highest BCUT2D eigenvalue weighted by atomic mass is 28.3. The number of imidazole rings is 1. The molecule has 3 heterocycles. The Kier molecular flexibility index (Phi) is 11.2. The van der Waals surface area contributed by atoms with Crippen LogP contribution in [-0.2, 0) is 34.0 Å². The van der Waals surface area contributed by atoms with Crippen molar-refractivity contribution in [3.8, 4) is 11.8 Å². The van der Waals surface area contributed by atoms with Crippen LogP contribution in [0.4, 0.5) is 8.78 Å². The van der Waals surface area contributed by atoms with Crippen molar-refractivity contribution in [3.63, 3.8) is 0 Å². The van der Waals surface area contributed by atoms with Gasteiger partial charge in [0, 0.05) is 32.2 Å². The number of nitriles is 1. The van der Waals surface area contributed by atoms with E-state index in [4.69, 9.17) is 24.3 Å². The molecule has 1 aliphatic heterocycles. The van der Waals surface area contributed by atoms with Crippen LogP contribution in [0.1, 0.15) is 36.8 Å². The zero-order chi connectivity index (χ0) is 34.4. The topological polar surface area (TPSA) is 125 Å². The van der Waals surface area contributed by atoms with Gasteiger partial charge >= 0.3 is 5.97 Å². The van der Waals surface area contributed by atoms with Crippen LogP contribution in [-0.4, -0.2) is 83.7 Å². The lowest BCUT2D eigenvalue weighted by atomic mass is 10.1. The molecule has 256 valence electrons. The Labute approximate surface area is 279 Å². The van der Waals surface area contributed by atoms with Gasteiger partial charge in [-0.2, -0.15) is 10.4 Å². The second-order valence-electron chi connectivity index (χ2n) is 13.2. The number of ether oxygens (including phenoxy) is 3. The minimum Gasteiger partial charge on any atom is -0.486 e. The fourth-order valence-corrected chi connectivity index (χ4v) is 6.72. The summed E-state index contributed by atoms with van der Waals surface area (Å²) in [5.41, 5.74) is 1.56. The first kappa shape index (κ1) is 35.1. The Morgan fingerprint density at radius 1 is 1.19 bits per heavy atom. The fraction of sp³-hybridized carbons (Fsp3) is 0.500. The smallest absolute Gasteiger partial charge is 0.320 e. The Balaban J connectivity index is 1.53. The molecule has 4 aromatic rings. The molecule has 0 saturated carbocycles. The lowest BCUT2D eigenvalue weighted by molar-refractivity contribution is -0.144. The predicted octanol–water partition coefficient (Wildman–Crippen LogP) is 5.19. The standard InChI is InChI=1S/C34H42F2N6O5Si/c1-5-46-33(43)20-40-12-8-9-24(40)19-42-34(44)26-11-7-6-10-25(26)27(39-42)17-32-38-28-16-30(47-21-31(35)36)23(18-37)15-29(28)41(32)22-45-13-14-48(2,3)4/h6-7,10-11,15-16,24,31H,5,8-9,12-14,17,19-22H2,1-4H3. The second-order valence-corrected chi connectivity index (χ2v) is 18.8. The first-order valence-corrected chi connectivity index (χ1v) is 20.0. The van der Waals surface area contributed by atoms with E-state index in [2.05, 4.69) is 19.6 Å². The molecule has 11 nitrogen and oxygen atoms in total. The van der Waals surface area contributed by atoms with Gasteiger partial charge in [-0.05, 0) is 44.5 Å². The van der Waals surface area contributed by atoms with Crippen LogP contribution in [0.15, 0.2) is 41.2 Å². The van der Waals surface area contributed by atoms with Crippen molar-refractivity contribution < 1.29 is 27.8 Å². The highest BCUT2D eigenvalue weighted by molar-refractivity contribution is 6.76. The molecule has 1 saturated heterocycles.